The SMILES string of the molecule is COc1ccccc1C1CCN(CCn2c(=O)c3c(c4ccccc4n3C)n(C)c2=O)CC1. The highest BCUT2D eigenvalue weighted by Crippen LogP contribution is 2.34. The second-order valence-corrected chi connectivity index (χ2v) is 8.93. The van der Waals surface area contributed by atoms with Gasteiger partial charge in [-0.1, -0.05) is 36.4 Å². The van der Waals surface area contributed by atoms with Crippen LogP contribution < -0.4 is 16.0 Å². The largest absolute Gasteiger partial charge is 0.496 e. The van der Waals surface area contributed by atoms with Gasteiger partial charge in [0.25, 0.3) is 5.56 Å². The summed E-state index contributed by atoms with van der Waals surface area (Å²) in [4.78, 5) is 28.8. The second-order valence-electron chi connectivity index (χ2n) is 8.93. The van der Waals surface area contributed by atoms with E-state index in [0.717, 1.165) is 42.6 Å². The van der Waals surface area contributed by atoms with Crippen LogP contribution in [0.3, 0.4) is 0 Å². The molecule has 1 aliphatic rings. The predicted molar refractivity (Wildman–Crippen MR) is 131 cm³/mol. The lowest BCUT2D eigenvalue weighted by molar-refractivity contribution is 0.202. The van der Waals surface area contributed by atoms with Gasteiger partial charge in [0.1, 0.15) is 11.3 Å². The van der Waals surface area contributed by atoms with E-state index in [1.165, 1.54) is 10.1 Å². The lowest BCUT2D eigenvalue weighted by Crippen LogP contribution is -2.43. The molecular formula is C26H30N4O3. The van der Waals surface area contributed by atoms with Gasteiger partial charge in [-0.2, -0.15) is 0 Å². The van der Waals surface area contributed by atoms with Crippen LogP contribution in [0.2, 0.25) is 0 Å². The molecule has 1 saturated heterocycles. The molecule has 7 heteroatoms. The quantitative estimate of drug-likeness (QED) is 0.473. The zero-order valence-corrected chi connectivity index (χ0v) is 19.5. The van der Waals surface area contributed by atoms with Gasteiger partial charge in [0.05, 0.1) is 18.1 Å². The maximum absolute atomic E-state index is 13.4. The van der Waals surface area contributed by atoms with Gasteiger partial charge in [-0.15, -0.1) is 0 Å². The van der Waals surface area contributed by atoms with Crippen molar-refractivity contribution < 1.29 is 4.74 Å². The van der Waals surface area contributed by atoms with Gasteiger partial charge in [0.15, 0.2) is 0 Å². The minimum atomic E-state index is -0.257. The van der Waals surface area contributed by atoms with Crippen LogP contribution in [0.5, 0.6) is 5.75 Å². The highest BCUT2D eigenvalue weighted by Gasteiger charge is 2.24. The number of aryl methyl sites for hydroxylation is 2. The Morgan fingerprint density at radius 1 is 0.879 bits per heavy atom. The van der Waals surface area contributed by atoms with Crippen molar-refractivity contribution in [2.75, 3.05) is 26.7 Å². The van der Waals surface area contributed by atoms with E-state index in [-0.39, 0.29) is 11.2 Å². The minimum Gasteiger partial charge on any atom is -0.496 e. The summed E-state index contributed by atoms with van der Waals surface area (Å²) in [6.45, 7) is 2.95. The van der Waals surface area contributed by atoms with Crippen molar-refractivity contribution in [1.29, 1.82) is 0 Å². The van der Waals surface area contributed by atoms with Crippen LogP contribution in [0.15, 0.2) is 58.1 Å². The molecule has 0 unspecified atom stereocenters. The number of hydrogen-bond donors (Lipinski definition) is 0. The molecule has 0 spiro atoms. The first kappa shape index (κ1) is 21.5. The fourth-order valence-corrected chi connectivity index (χ4v) is 5.36. The molecule has 0 bridgehead atoms. The molecule has 0 atom stereocenters. The van der Waals surface area contributed by atoms with Crippen molar-refractivity contribution in [3.63, 3.8) is 0 Å². The molecule has 7 nitrogen and oxygen atoms in total. The molecule has 1 aliphatic heterocycles. The molecule has 0 radical (unpaired) electrons. The number of fused-ring (bicyclic) bond motifs is 3. The molecule has 4 aromatic rings. The maximum atomic E-state index is 13.4. The van der Waals surface area contributed by atoms with Crippen molar-refractivity contribution in [3.8, 4) is 5.75 Å². The summed E-state index contributed by atoms with van der Waals surface area (Å²) in [7, 11) is 5.37. The zero-order valence-electron chi connectivity index (χ0n) is 19.5. The van der Waals surface area contributed by atoms with Gasteiger partial charge in [-0.25, -0.2) is 4.79 Å². The monoisotopic (exact) mass is 446 g/mol. The number of aromatic nitrogens is 3. The van der Waals surface area contributed by atoms with Gasteiger partial charge in [0, 0.05) is 32.6 Å². The van der Waals surface area contributed by atoms with E-state index >= 15 is 0 Å². The van der Waals surface area contributed by atoms with Crippen LogP contribution in [0, 0.1) is 0 Å². The Morgan fingerprint density at radius 2 is 1.58 bits per heavy atom. The summed E-state index contributed by atoms with van der Waals surface area (Å²) < 4.78 is 10.5. The Morgan fingerprint density at radius 3 is 2.33 bits per heavy atom. The normalized spacial score (nSPS) is 15.5. The van der Waals surface area contributed by atoms with Gasteiger partial charge >= 0.3 is 5.69 Å². The first-order chi connectivity index (χ1) is 16.0. The van der Waals surface area contributed by atoms with Crippen LogP contribution in [0.25, 0.3) is 21.9 Å². The van der Waals surface area contributed by atoms with Crippen molar-refractivity contribution in [2.45, 2.75) is 25.3 Å². The third kappa shape index (κ3) is 3.56. The Bertz CT molecular complexity index is 1440. The number of para-hydroxylation sites is 2. The van der Waals surface area contributed by atoms with Crippen molar-refractivity contribution in [1.82, 2.24) is 18.6 Å². The number of nitrogens with zero attached hydrogens (tertiary/aromatic N) is 4. The van der Waals surface area contributed by atoms with E-state index in [2.05, 4.69) is 17.0 Å². The average molecular weight is 447 g/mol. The summed E-state index contributed by atoms with van der Waals surface area (Å²) in [5.74, 6) is 1.43. The molecule has 33 heavy (non-hydrogen) atoms. The van der Waals surface area contributed by atoms with E-state index in [0.29, 0.717) is 30.0 Å². The molecule has 3 heterocycles. The fraction of sp³-hybridized carbons (Fsp3) is 0.385. The smallest absolute Gasteiger partial charge is 0.331 e. The van der Waals surface area contributed by atoms with Crippen LogP contribution in [-0.2, 0) is 20.6 Å². The third-order valence-corrected chi connectivity index (χ3v) is 7.19. The van der Waals surface area contributed by atoms with Crippen LogP contribution in [0.1, 0.15) is 24.3 Å². The lowest BCUT2D eigenvalue weighted by Gasteiger charge is -2.32. The molecule has 0 amide bonds. The molecule has 0 aliphatic carbocycles. The number of ether oxygens (including phenoxy) is 1. The van der Waals surface area contributed by atoms with E-state index in [1.807, 2.05) is 48.0 Å². The molecule has 2 aromatic heterocycles. The molecule has 2 aromatic carbocycles. The fourth-order valence-electron chi connectivity index (χ4n) is 5.36. The summed E-state index contributed by atoms with van der Waals surface area (Å²) in [6, 6.07) is 16.1. The highest BCUT2D eigenvalue weighted by molar-refractivity contribution is 6.05. The summed E-state index contributed by atoms with van der Waals surface area (Å²) >= 11 is 0. The maximum Gasteiger partial charge on any atom is 0.331 e. The Kier molecular flexibility index (Phi) is 5.58. The number of methoxy groups -OCH3 is 1. The molecular weight excluding hydrogens is 416 g/mol. The summed E-state index contributed by atoms with van der Waals surface area (Å²) in [5, 5.41) is 0.928. The molecule has 1 fully saturated rings. The number of hydrogen-bond acceptors (Lipinski definition) is 4. The van der Waals surface area contributed by atoms with E-state index in [4.69, 9.17) is 4.74 Å². The summed E-state index contributed by atoms with van der Waals surface area (Å²) in [5.41, 5.74) is 3.04. The van der Waals surface area contributed by atoms with E-state index in [9.17, 15) is 9.59 Å². The number of likely N-dealkylation sites (tertiary alicyclic amines) is 1. The van der Waals surface area contributed by atoms with Crippen molar-refractivity contribution in [2.24, 2.45) is 14.1 Å². The first-order valence-corrected chi connectivity index (χ1v) is 11.5. The van der Waals surface area contributed by atoms with Gasteiger partial charge in [0.2, 0.25) is 0 Å². The van der Waals surface area contributed by atoms with E-state index in [1.54, 1.807) is 18.7 Å². The summed E-state index contributed by atoms with van der Waals surface area (Å²) in [6.07, 6.45) is 2.07. The standard InChI is InChI=1S/C26H30N4O3/c1-27-21-10-6-4-9-20(21)23-24(27)25(31)30(26(32)28(23)2)17-16-29-14-12-18(13-15-29)19-8-5-7-11-22(19)33-3/h4-11,18H,12-17H2,1-3H3. The molecule has 0 saturated carbocycles. The van der Waals surface area contributed by atoms with Crippen molar-refractivity contribution in [3.05, 3.63) is 74.9 Å². The highest BCUT2D eigenvalue weighted by atomic mass is 16.5. The van der Waals surface area contributed by atoms with Crippen LogP contribution in [0.4, 0.5) is 0 Å². The Hall–Kier alpha value is -3.32. The second kappa shape index (κ2) is 8.56. The lowest BCUT2D eigenvalue weighted by atomic mass is 9.89. The van der Waals surface area contributed by atoms with Crippen LogP contribution >= 0.6 is 0 Å². The van der Waals surface area contributed by atoms with Gasteiger partial charge < -0.3 is 14.2 Å². The van der Waals surface area contributed by atoms with Gasteiger partial charge in [-0.05, 0) is 49.5 Å². The Balaban J connectivity index is 1.37. The molecule has 0 N–H and O–H groups in total. The number of rotatable bonds is 5. The number of benzene rings is 2. The van der Waals surface area contributed by atoms with Gasteiger partial charge in [-0.3, -0.25) is 13.9 Å². The molecule has 5 rings (SSSR count). The average Bonchev–Trinajstić information content (AvgIpc) is 3.16. The van der Waals surface area contributed by atoms with E-state index < -0.39 is 0 Å². The Labute approximate surface area is 192 Å². The topological polar surface area (TPSA) is 61.4 Å². The number of piperidine rings is 1. The third-order valence-electron chi connectivity index (χ3n) is 7.19. The first-order valence-electron chi connectivity index (χ1n) is 11.5. The predicted octanol–water partition coefficient (Wildman–Crippen LogP) is 3.08. The van der Waals surface area contributed by atoms with Crippen LogP contribution in [-0.4, -0.2) is 45.3 Å². The molecule has 172 valence electrons. The minimum absolute atomic E-state index is 0.212. The van der Waals surface area contributed by atoms with Crippen molar-refractivity contribution >= 4 is 21.9 Å². The zero-order chi connectivity index (χ0) is 23.1.